The Labute approximate surface area is 131 Å². The SMILES string of the molecule is c1coc(CN=C2NN=C(c3ccc4c(c3)OCO4)CS2)c1. The number of hydrazone groups is 1. The lowest BCUT2D eigenvalue weighted by Gasteiger charge is -2.15. The van der Waals surface area contributed by atoms with E-state index in [9.17, 15) is 0 Å². The normalized spacial score (nSPS) is 18.2. The van der Waals surface area contributed by atoms with Crippen molar-refractivity contribution in [2.24, 2.45) is 10.1 Å². The molecular weight excluding hydrogens is 302 g/mol. The maximum Gasteiger partial charge on any atom is 0.231 e. The Kier molecular flexibility index (Phi) is 3.48. The Bertz CT molecular complexity index is 740. The monoisotopic (exact) mass is 315 g/mol. The van der Waals surface area contributed by atoms with E-state index in [2.05, 4.69) is 15.5 Å². The first-order valence-corrected chi connectivity index (χ1v) is 7.79. The molecule has 6 nitrogen and oxygen atoms in total. The lowest BCUT2D eigenvalue weighted by atomic mass is 10.1. The highest BCUT2D eigenvalue weighted by Crippen LogP contribution is 2.33. The summed E-state index contributed by atoms with van der Waals surface area (Å²) < 4.78 is 16.0. The molecule has 1 aromatic heterocycles. The molecule has 4 rings (SSSR count). The summed E-state index contributed by atoms with van der Waals surface area (Å²) in [5.41, 5.74) is 4.97. The van der Waals surface area contributed by atoms with Crippen LogP contribution < -0.4 is 14.9 Å². The molecule has 0 unspecified atom stereocenters. The van der Waals surface area contributed by atoms with Gasteiger partial charge in [0.05, 0.1) is 18.5 Å². The average molecular weight is 315 g/mol. The number of benzene rings is 1. The molecule has 0 spiro atoms. The smallest absolute Gasteiger partial charge is 0.231 e. The van der Waals surface area contributed by atoms with Gasteiger partial charge in [0.2, 0.25) is 6.79 Å². The number of rotatable bonds is 3. The standard InChI is InChI=1S/C15H13N3O3S/c1-2-11(19-5-1)7-16-15-18-17-12(8-22-15)10-3-4-13-14(6-10)21-9-20-13/h1-6H,7-9H2,(H,16,18). The highest BCUT2D eigenvalue weighted by molar-refractivity contribution is 8.14. The average Bonchev–Trinajstić information content (AvgIpc) is 3.24. The van der Waals surface area contributed by atoms with E-state index in [1.807, 2.05) is 30.3 Å². The molecule has 0 radical (unpaired) electrons. The molecule has 2 aromatic rings. The third-order valence-corrected chi connectivity index (χ3v) is 4.21. The van der Waals surface area contributed by atoms with Crippen LogP contribution in [0.5, 0.6) is 11.5 Å². The number of amidine groups is 1. The topological polar surface area (TPSA) is 68.4 Å². The summed E-state index contributed by atoms with van der Waals surface area (Å²) in [6.07, 6.45) is 1.65. The Balaban J connectivity index is 1.46. The van der Waals surface area contributed by atoms with Crippen molar-refractivity contribution in [3.05, 3.63) is 47.9 Å². The molecule has 0 saturated carbocycles. The van der Waals surface area contributed by atoms with Gasteiger partial charge >= 0.3 is 0 Å². The first kappa shape index (κ1) is 13.3. The zero-order valence-corrected chi connectivity index (χ0v) is 12.4. The van der Waals surface area contributed by atoms with Crippen LogP contribution in [0.1, 0.15) is 11.3 Å². The summed E-state index contributed by atoms with van der Waals surface area (Å²) in [5, 5.41) is 5.19. The minimum atomic E-state index is 0.280. The number of nitrogens with one attached hydrogen (secondary N) is 1. The van der Waals surface area contributed by atoms with Gasteiger partial charge in [-0.1, -0.05) is 11.8 Å². The molecule has 0 bridgehead atoms. The minimum absolute atomic E-state index is 0.280. The maximum atomic E-state index is 5.39. The van der Waals surface area contributed by atoms with E-state index in [-0.39, 0.29) is 6.79 Å². The van der Waals surface area contributed by atoms with Crippen molar-refractivity contribution in [1.82, 2.24) is 5.43 Å². The van der Waals surface area contributed by atoms with Crippen molar-refractivity contribution < 1.29 is 13.9 Å². The Morgan fingerprint density at radius 1 is 1.23 bits per heavy atom. The number of fused-ring (bicyclic) bond motifs is 1. The summed E-state index contributed by atoms with van der Waals surface area (Å²) in [6.45, 7) is 0.791. The Morgan fingerprint density at radius 2 is 2.18 bits per heavy atom. The summed E-state index contributed by atoms with van der Waals surface area (Å²) >= 11 is 1.62. The summed E-state index contributed by atoms with van der Waals surface area (Å²) in [7, 11) is 0. The third kappa shape index (κ3) is 2.67. The number of hydrogen-bond acceptors (Lipinski definition) is 6. The second-order valence-corrected chi connectivity index (χ2v) is 5.69. The molecule has 112 valence electrons. The van der Waals surface area contributed by atoms with Gasteiger partial charge in [-0.2, -0.15) is 5.10 Å². The maximum absolute atomic E-state index is 5.39. The fourth-order valence-corrected chi connectivity index (χ4v) is 2.94. The van der Waals surface area contributed by atoms with Gasteiger partial charge in [-0.3, -0.25) is 10.4 Å². The largest absolute Gasteiger partial charge is 0.467 e. The van der Waals surface area contributed by atoms with Crippen LogP contribution in [0.15, 0.2) is 51.1 Å². The van der Waals surface area contributed by atoms with Gasteiger partial charge in [-0.15, -0.1) is 0 Å². The van der Waals surface area contributed by atoms with Crippen molar-refractivity contribution in [3.8, 4) is 11.5 Å². The predicted octanol–water partition coefficient (Wildman–Crippen LogP) is 2.61. The molecule has 0 amide bonds. The van der Waals surface area contributed by atoms with Gasteiger partial charge < -0.3 is 13.9 Å². The van der Waals surface area contributed by atoms with Crippen molar-refractivity contribution in [3.63, 3.8) is 0 Å². The molecule has 1 aromatic carbocycles. The van der Waals surface area contributed by atoms with Crippen molar-refractivity contribution in [2.45, 2.75) is 6.54 Å². The molecule has 0 aliphatic carbocycles. The lowest BCUT2D eigenvalue weighted by Crippen LogP contribution is -2.25. The molecule has 3 heterocycles. The van der Waals surface area contributed by atoms with Crippen LogP contribution in [0.25, 0.3) is 0 Å². The molecule has 0 fully saturated rings. The highest BCUT2D eigenvalue weighted by Gasteiger charge is 2.18. The molecule has 2 aliphatic heterocycles. The van der Waals surface area contributed by atoms with E-state index in [1.165, 1.54) is 0 Å². The minimum Gasteiger partial charge on any atom is -0.467 e. The molecule has 2 aliphatic rings. The van der Waals surface area contributed by atoms with Crippen LogP contribution in [-0.2, 0) is 6.54 Å². The number of nitrogens with zero attached hydrogens (tertiary/aromatic N) is 2. The zero-order valence-electron chi connectivity index (χ0n) is 11.6. The van der Waals surface area contributed by atoms with Crippen LogP contribution in [-0.4, -0.2) is 23.4 Å². The number of furan rings is 1. The highest BCUT2D eigenvalue weighted by atomic mass is 32.2. The third-order valence-electron chi connectivity index (χ3n) is 3.30. The number of thioether (sulfide) groups is 1. The van der Waals surface area contributed by atoms with Gasteiger partial charge in [-0.05, 0) is 30.3 Å². The molecule has 0 saturated heterocycles. The van der Waals surface area contributed by atoms with Crippen LogP contribution in [0.4, 0.5) is 0 Å². The van der Waals surface area contributed by atoms with E-state index in [4.69, 9.17) is 13.9 Å². The predicted molar refractivity (Wildman–Crippen MR) is 84.5 cm³/mol. The molecule has 0 atom stereocenters. The van der Waals surface area contributed by atoms with Crippen LogP contribution >= 0.6 is 11.8 Å². The Morgan fingerprint density at radius 3 is 3.00 bits per heavy atom. The summed E-state index contributed by atoms with van der Waals surface area (Å²) in [6, 6.07) is 9.60. The van der Waals surface area contributed by atoms with Gasteiger partial charge in [0.15, 0.2) is 16.7 Å². The zero-order chi connectivity index (χ0) is 14.8. The van der Waals surface area contributed by atoms with Crippen LogP contribution in [0, 0.1) is 0 Å². The molecular formula is C15H13N3O3S. The number of hydrogen-bond donors (Lipinski definition) is 1. The van der Waals surface area contributed by atoms with Gasteiger partial charge in [0, 0.05) is 11.3 Å². The van der Waals surface area contributed by atoms with Crippen LogP contribution in [0.3, 0.4) is 0 Å². The van der Waals surface area contributed by atoms with E-state index >= 15 is 0 Å². The van der Waals surface area contributed by atoms with Gasteiger partial charge in [0.25, 0.3) is 0 Å². The van der Waals surface area contributed by atoms with E-state index in [0.29, 0.717) is 6.54 Å². The second kappa shape index (κ2) is 5.76. The quantitative estimate of drug-likeness (QED) is 0.943. The summed E-state index contributed by atoms with van der Waals surface area (Å²) in [5.74, 6) is 3.13. The van der Waals surface area contributed by atoms with E-state index in [0.717, 1.165) is 39.5 Å². The molecule has 22 heavy (non-hydrogen) atoms. The summed E-state index contributed by atoms with van der Waals surface area (Å²) in [4.78, 5) is 4.43. The number of aliphatic imine (C=N–C) groups is 1. The number of ether oxygens (including phenoxy) is 2. The van der Waals surface area contributed by atoms with E-state index in [1.54, 1.807) is 18.0 Å². The van der Waals surface area contributed by atoms with Crippen molar-refractivity contribution >= 4 is 22.6 Å². The van der Waals surface area contributed by atoms with Gasteiger partial charge in [0.1, 0.15) is 5.76 Å². The first-order chi connectivity index (χ1) is 10.9. The van der Waals surface area contributed by atoms with Crippen molar-refractivity contribution in [2.75, 3.05) is 12.5 Å². The fraction of sp³-hybridized carbons (Fsp3) is 0.200. The first-order valence-electron chi connectivity index (χ1n) is 6.81. The van der Waals surface area contributed by atoms with E-state index < -0.39 is 0 Å². The van der Waals surface area contributed by atoms with Gasteiger partial charge in [-0.25, -0.2) is 0 Å². The molecule has 1 N–H and O–H groups in total. The molecule has 7 heteroatoms. The Hall–Kier alpha value is -2.41. The van der Waals surface area contributed by atoms with Crippen molar-refractivity contribution in [1.29, 1.82) is 0 Å². The fourth-order valence-electron chi connectivity index (χ4n) is 2.17. The van der Waals surface area contributed by atoms with Crippen LogP contribution in [0.2, 0.25) is 0 Å². The lowest BCUT2D eigenvalue weighted by molar-refractivity contribution is 0.174. The second-order valence-electron chi connectivity index (χ2n) is 4.73.